The second kappa shape index (κ2) is 11.9. The highest BCUT2D eigenvalue weighted by atomic mass is 35.5. The second-order valence-corrected chi connectivity index (χ2v) is 10.3. The Morgan fingerprint density at radius 2 is 1.79 bits per heavy atom. The van der Waals surface area contributed by atoms with Gasteiger partial charge in [0.1, 0.15) is 5.69 Å². The van der Waals surface area contributed by atoms with Crippen molar-refractivity contribution in [3.05, 3.63) is 59.2 Å². The van der Waals surface area contributed by atoms with Crippen molar-refractivity contribution in [1.29, 1.82) is 0 Å². The topological polar surface area (TPSA) is 43.3 Å². The van der Waals surface area contributed by atoms with E-state index in [1.54, 1.807) is 0 Å². The third-order valence-electron chi connectivity index (χ3n) is 6.59. The zero-order valence-electron chi connectivity index (χ0n) is 21.3. The lowest BCUT2D eigenvalue weighted by atomic mass is 9.82. The number of ether oxygens (including phenoxy) is 1. The van der Waals surface area contributed by atoms with Crippen molar-refractivity contribution in [3.63, 3.8) is 0 Å². The van der Waals surface area contributed by atoms with Gasteiger partial charge >= 0.3 is 5.97 Å². The predicted octanol–water partition coefficient (Wildman–Crippen LogP) is 8.24. The quantitative estimate of drug-likeness (QED) is 0.209. The average molecular weight is 483 g/mol. The zero-order chi connectivity index (χ0) is 24.7. The Kier molecular flexibility index (Phi) is 9.21. The van der Waals surface area contributed by atoms with Crippen molar-refractivity contribution in [2.75, 3.05) is 13.7 Å². The number of halogens is 1. The van der Waals surface area contributed by atoms with E-state index in [9.17, 15) is 4.79 Å². The molecule has 0 aliphatic heterocycles. The summed E-state index contributed by atoms with van der Waals surface area (Å²) in [5.74, 6) is -0.307. The molecular weight excluding hydrogens is 444 g/mol. The number of benzene rings is 2. The van der Waals surface area contributed by atoms with Gasteiger partial charge < -0.3 is 14.6 Å². The first kappa shape index (κ1) is 26.3. The molecule has 1 unspecified atom stereocenters. The number of hydrogen-bond acceptors (Lipinski definition) is 3. The number of carbonyl (C=O) groups excluding carboxylic acids is 1. The Morgan fingerprint density at radius 1 is 1.06 bits per heavy atom. The van der Waals surface area contributed by atoms with E-state index in [4.69, 9.17) is 16.3 Å². The molecule has 0 bridgehead atoms. The van der Waals surface area contributed by atoms with Gasteiger partial charge in [0.05, 0.1) is 18.5 Å². The van der Waals surface area contributed by atoms with Crippen LogP contribution in [0.25, 0.3) is 22.0 Å². The third kappa shape index (κ3) is 6.03. The molecule has 5 heteroatoms. The zero-order valence-corrected chi connectivity index (χ0v) is 22.0. The highest BCUT2D eigenvalue weighted by Crippen LogP contribution is 2.41. The molecule has 4 nitrogen and oxygen atoms in total. The van der Waals surface area contributed by atoms with Crippen LogP contribution < -0.4 is 5.32 Å². The smallest absolute Gasteiger partial charge is 0.355 e. The molecule has 3 aromatic rings. The van der Waals surface area contributed by atoms with Gasteiger partial charge in [0.15, 0.2) is 0 Å². The molecule has 0 saturated heterocycles. The van der Waals surface area contributed by atoms with Crippen molar-refractivity contribution in [2.45, 2.75) is 72.4 Å². The molecule has 1 heterocycles. The maximum absolute atomic E-state index is 13.3. The minimum Gasteiger partial charge on any atom is -0.461 e. The summed E-state index contributed by atoms with van der Waals surface area (Å²) < 4.78 is 7.71. The predicted molar refractivity (Wildman–Crippen MR) is 144 cm³/mol. The Labute approximate surface area is 209 Å². The molecule has 1 atom stereocenters. The van der Waals surface area contributed by atoms with Crippen LogP contribution in [0.1, 0.15) is 82.9 Å². The molecule has 1 aromatic heterocycles. The number of hydrogen-bond donors (Lipinski definition) is 1. The van der Waals surface area contributed by atoms with E-state index in [1.807, 2.05) is 50.4 Å². The second-order valence-electron chi connectivity index (χ2n) is 9.83. The molecule has 0 saturated carbocycles. The van der Waals surface area contributed by atoms with Crippen molar-refractivity contribution >= 4 is 28.3 Å². The van der Waals surface area contributed by atoms with E-state index in [0.717, 1.165) is 34.9 Å². The van der Waals surface area contributed by atoms with Gasteiger partial charge in [-0.15, -0.1) is 0 Å². The van der Waals surface area contributed by atoms with Crippen molar-refractivity contribution in [3.8, 4) is 11.3 Å². The monoisotopic (exact) mass is 482 g/mol. The fourth-order valence-corrected chi connectivity index (χ4v) is 5.05. The molecule has 2 aromatic carbocycles. The van der Waals surface area contributed by atoms with Gasteiger partial charge in [-0.2, -0.15) is 0 Å². The summed E-state index contributed by atoms with van der Waals surface area (Å²) in [5, 5.41) is 5.99. The van der Waals surface area contributed by atoms with Crippen LogP contribution in [0.4, 0.5) is 0 Å². The lowest BCUT2D eigenvalue weighted by Crippen LogP contribution is -2.31. The average Bonchev–Trinajstić information content (AvgIpc) is 3.15. The molecule has 3 rings (SSSR count). The summed E-state index contributed by atoms with van der Waals surface area (Å²) in [6, 6.07) is 16.0. The maximum atomic E-state index is 13.3. The summed E-state index contributed by atoms with van der Waals surface area (Å²) in [6.07, 6.45) is 6.95. The maximum Gasteiger partial charge on any atom is 0.355 e. The molecule has 0 amide bonds. The molecule has 0 aliphatic rings. The fourth-order valence-electron chi connectivity index (χ4n) is 4.88. The number of aromatic nitrogens is 1. The van der Waals surface area contributed by atoms with Gasteiger partial charge in [-0.25, -0.2) is 4.79 Å². The molecule has 184 valence electrons. The molecule has 0 radical (unpaired) electrons. The van der Waals surface area contributed by atoms with Gasteiger partial charge in [0, 0.05) is 15.8 Å². The molecule has 0 fully saturated rings. The van der Waals surface area contributed by atoms with E-state index in [1.165, 1.54) is 25.7 Å². The summed E-state index contributed by atoms with van der Waals surface area (Å²) in [5.41, 5.74) is 2.72. The molecule has 1 N–H and O–H groups in total. The molecule has 0 aliphatic carbocycles. The van der Waals surface area contributed by atoms with E-state index < -0.39 is 0 Å². The Morgan fingerprint density at radius 3 is 2.44 bits per heavy atom. The van der Waals surface area contributed by atoms with E-state index >= 15 is 0 Å². The van der Waals surface area contributed by atoms with Crippen molar-refractivity contribution in [1.82, 2.24) is 9.88 Å². The minimum absolute atomic E-state index is 0.0815. The van der Waals surface area contributed by atoms with E-state index in [0.29, 0.717) is 17.3 Å². The Bertz CT molecular complexity index is 1090. The summed E-state index contributed by atoms with van der Waals surface area (Å²) in [7, 11) is 1.97. The van der Waals surface area contributed by atoms with Crippen LogP contribution in [-0.2, 0) is 4.74 Å². The number of unbranched alkanes of at least 4 members (excludes halogenated alkanes) is 3. The first-order valence-electron chi connectivity index (χ1n) is 12.6. The molecular formula is C29H39ClN2O2. The lowest BCUT2D eigenvalue weighted by molar-refractivity contribution is 0.0510. The number of nitrogens with zero attached hydrogens (tertiary/aromatic N) is 1. The number of esters is 1. The molecule has 0 spiro atoms. The van der Waals surface area contributed by atoms with E-state index in [2.05, 4.69) is 42.8 Å². The minimum atomic E-state index is -0.307. The van der Waals surface area contributed by atoms with Gasteiger partial charge in [-0.05, 0) is 49.9 Å². The van der Waals surface area contributed by atoms with Crippen molar-refractivity contribution in [2.24, 2.45) is 5.41 Å². The van der Waals surface area contributed by atoms with Crippen LogP contribution in [-0.4, -0.2) is 24.2 Å². The largest absolute Gasteiger partial charge is 0.461 e. The summed E-state index contributed by atoms with van der Waals surface area (Å²) >= 11 is 6.44. The van der Waals surface area contributed by atoms with Crippen LogP contribution in [0, 0.1) is 5.41 Å². The summed E-state index contributed by atoms with van der Waals surface area (Å²) in [6.45, 7) is 9.07. The van der Waals surface area contributed by atoms with Crippen molar-refractivity contribution < 1.29 is 9.53 Å². The Hall–Kier alpha value is -2.30. The first-order chi connectivity index (χ1) is 16.3. The van der Waals surface area contributed by atoms with Crippen LogP contribution >= 0.6 is 11.6 Å². The Balaban J connectivity index is 2.18. The summed E-state index contributed by atoms with van der Waals surface area (Å²) in [4.78, 5) is 13.3. The fraction of sp³-hybridized carbons (Fsp3) is 0.483. The highest BCUT2D eigenvalue weighted by Gasteiger charge is 2.31. The third-order valence-corrected chi connectivity index (χ3v) is 6.82. The van der Waals surface area contributed by atoms with Crippen LogP contribution in [0.2, 0.25) is 5.02 Å². The van der Waals surface area contributed by atoms with Crippen LogP contribution in [0.5, 0.6) is 0 Å². The van der Waals surface area contributed by atoms with Gasteiger partial charge in [-0.3, -0.25) is 0 Å². The number of rotatable bonds is 12. The SMILES string of the molecule is CCCCCCC(C)(C)CC(NC)n1c(C(=O)OCC)c2ccc(Cl)cc2c1-c1ccccc1. The molecule has 34 heavy (non-hydrogen) atoms. The normalized spacial score (nSPS) is 12.8. The van der Waals surface area contributed by atoms with Gasteiger partial charge in [-0.1, -0.05) is 94.5 Å². The number of nitrogens with one attached hydrogen (secondary N) is 1. The van der Waals surface area contributed by atoms with Gasteiger partial charge in [0.25, 0.3) is 0 Å². The first-order valence-corrected chi connectivity index (χ1v) is 12.9. The van der Waals surface area contributed by atoms with E-state index in [-0.39, 0.29) is 17.6 Å². The lowest BCUT2D eigenvalue weighted by Gasteiger charge is -2.32. The van der Waals surface area contributed by atoms with Gasteiger partial charge in [0.2, 0.25) is 0 Å². The van der Waals surface area contributed by atoms with Crippen LogP contribution in [0.15, 0.2) is 48.5 Å². The van der Waals surface area contributed by atoms with Crippen LogP contribution in [0.3, 0.4) is 0 Å². The highest BCUT2D eigenvalue weighted by molar-refractivity contribution is 6.31. The number of carbonyl (C=O) groups is 1. The number of fused-ring (bicyclic) bond motifs is 1. The standard InChI is InChI=1S/C29H39ClN2O2/c1-6-8-9-13-18-29(3,4)20-25(31-5)32-26(21-14-11-10-12-15-21)24-19-22(30)16-17-23(24)27(32)28(33)34-7-2/h10-12,14-17,19,25,31H,6-9,13,18,20H2,1-5H3.